The second kappa shape index (κ2) is 12.9. The van der Waals surface area contributed by atoms with Gasteiger partial charge in [-0.1, -0.05) is 13.8 Å². The maximum absolute atomic E-state index is 3.12. The van der Waals surface area contributed by atoms with Gasteiger partial charge in [0.25, 0.3) is 0 Å². The van der Waals surface area contributed by atoms with Gasteiger partial charge in [-0.15, -0.1) is 46.8 Å². The molecule has 0 amide bonds. The Labute approximate surface area is 133 Å². The predicted octanol–water partition coefficient (Wildman–Crippen LogP) is 4.54. The number of hydrogen-bond donors (Lipinski definition) is 0. The Bertz CT molecular complexity index is 229. The molecule has 0 aliphatic heterocycles. The van der Waals surface area contributed by atoms with Crippen LogP contribution in [0.15, 0.2) is 35.5 Å². The number of hydrogen-bond acceptors (Lipinski definition) is 0. The summed E-state index contributed by atoms with van der Waals surface area (Å²) in [4.78, 5) is 0. The molecule has 0 nitrogen and oxygen atoms in total. The number of rotatable bonds is 0. The molecule has 84 valence electrons. The zero-order valence-electron chi connectivity index (χ0n) is 9.04. The number of allylic oxidation sites excluding steroid dienone is 8. The summed E-state index contributed by atoms with van der Waals surface area (Å²) >= 11 is 0. The van der Waals surface area contributed by atoms with Gasteiger partial charge in [-0.3, -0.25) is 12.2 Å². The van der Waals surface area contributed by atoms with Crippen LogP contribution in [0.5, 0.6) is 0 Å². The summed E-state index contributed by atoms with van der Waals surface area (Å²) in [6, 6.07) is 0. The van der Waals surface area contributed by atoms with Gasteiger partial charge in [0.2, 0.25) is 0 Å². The zero-order chi connectivity index (χ0) is 8.81. The first kappa shape index (κ1) is 21.1. The molecule has 3 heteroatoms. The van der Waals surface area contributed by atoms with Crippen molar-refractivity contribution >= 4 is 34.0 Å². The van der Waals surface area contributed by atoms with Crippen molar-refractivity contribution in [2.45, 2.75) is 26.7 Å². The van der Waals surface area contributed by atoms with Crippen molar-refractivity contribution in [3.8, 4) is 0 Å². The fourth-order valence-electron chi connectivity index (χ4n) is 1.03. The van der Waals surface area contributed by atoms with Gasteiger partial charge in [-0.05, 0) is 0 Å². The van der Waals surface area contributed by atoms with Crippen LogP contribution in [0.1, 0.15) is 26.7 Å². The van der Waals surface area contributed by atoms with Crippen molar-refractivity contribution in [3.05, 3.63) is 47.6 Å². The molecule has 0 atom stereocenters. The van der Waals surface area contributed by atoms with E-state index in [2.05, 4.69) is 50.3 Å². The van der Waals surface area contributed by atoms with E-state index < -0.39 is 0 Å². The predicted molar refractivity (Wildman–Crippen MR) is 73.0 cm³/mol. The molecule has 0 N–H and O–H groups in total. The minimum absolute atomic E-state index is 0. The summed E-state index contributed by atoms with van der Waals surface area (Å²) in [6.45, 7) is 4.12. The van der Waals surface area contributed by atoms with Crippen LogP contribution in [0.25, 0.3) is 0 Å². The maximum Gasteiger partial charge on any atom is 0 e. The van der Waals surface area contributed by atoms with Crippen molar-refractivity contribution < 1.29 is 25.8 Å². The maximum atomic E-state index is 3.12. The molecule has 0 radical (unpaired) electrons. The van der Waals surface area contributed by atoms with Crippen LogP contribution in [0.3, 0.4) is 0 Å². The average Bonchev–Trinajstić information content (AvgIpc) is 2.63. The van der Waals surface area contributed by atoms with Gasteiger partial charge in [0.1, 0.15) is 0 Å². The normalized spacial score (nSPS) is 14.8. The van der Waals surface area contributed by atoms with E-state index in [1.807, 2.05) is 0 Å². The Morgan fingerprint density at radius 1 is 0.867 bits per heavy atom. The first-order chi connectivity index (χ1) is 5.79. The Morgan fingerprint density at radius 2 is 1.20 bits per heavy atom. The van der Waals surface area contributed by atoms with Crippen molar-refractivity contribution in [3.63, 3.8) is 0 Å². The molecule has 2 aliphatic carbocycles. The van der Waals surface area contributed by atoms with Crippen molar-refractivity contribution in [2.75, 3.05) is 0 Å². The van der Waals surface area contributed by atoms with Gasteiger partial charge in [-0.25, -0.2) is 23.3 Å². The quantitative estimate of drug-likeness (QED) is 0.340. The first-order valence-corrected chi connectivity index (χ1v) is 4.27. The van der Waals surface area contributed by atoms with Gasteiger partial charge in [0, 0.05) is 25.8 Å². The molecule has 0 spiro atoms. The third-order valence-electron chi connectivity index (χ3n) is 1.73. The fraction of sp³-hybridized carbons (Fsp3) is 0.333. The van der Waals surface area contributed by atoms with Crippen molar-refractivity contribution in [1.29, 1.82) is 0 Å². The molecule has 2 aliphatic rings. The fourth-order valence-corrected chi connectivity index (χ4v) is 1.03. The number of halogens is 2. The first-order valence-electron chi connectivity index (χ1n) is 4.27. The molecule has 0 aromatic heterocycles. The molecule has 2 rings (SSSR count). The van der Waals surface area contributed by atoms with E-state index in [-0.39, 0.29) is 59.8 Å². The topological polar surface area (TPSA) is 0 Å². The van der Waals surface area contributed by atoms with Gasteiger partial charge in [0.15, 0.2) is 0 Å². The van der Waals surface area contributed by atoms with Crippen molar-refractivity contribution in [1.82, 2.24) is 0 Å². The van der Waals surface area contributed by atoms with E-state index in [0.29, 0.717) is 0 Å². The molecule has 0 saturated heterocycles. The molecule has 0 unspecified atom stereocenters. The van der Waals surface area contributed by atoms with Crippen LogP contribution in [-0.4, -0.2) is 0 Å². The molecule has 0 fully saturated rings. The average molecular weight is 499 g/mol. The van der Waals surface area contributed by atoms with Gasteiger partial charge >= 0.3 is 0 Å². The molecule has 0 aromatic rings. The third kappa shape index (κ3) is 11.1. The minimum atomic E-state index is 0. The Balaban J connectivity index is -0.000000160. The molecule has 0 saturated carbocycles. The van der Waals surface area contributed by atoms with E-state index >= 15 is 0 Å². The van der Waals surface area contributed by atoms with Crippen LogP contribution in [-0.2, 0) is 25.8 Å². The largest absolute Gasteiger partial charge is 0.270 e. The Hall–Kier alpha value is 0.790. The summed E-state index contributed by atoms with van der Waals surface area (Å²) in [7, 11) is 0. The third-order valence-corrected chi connectivity index (χ3v) is 1.73. The van der Waals surface area contributed by atoms with Crippen LogP contribution in [0.4, 0.5) is 0 Å². The van der Waals surface area contributed by atoms with Crippen LogP contribution in [0.2, 0.25) is 0 Å². The van der Waals surface area contributed by atoms with E-state index in [0.717, 1.165) is 12.8 Å². The van der Waals surface area contributed by atoms with Crippen LogP contribution < -0.4 is 0 Å². The second-order valence-corrected chi connectivity index (χ2v) is 2.93. The van der Waals surface area contributed by atoms with Crippen LogP contribution in [0, 0.1) is 12.2 Å². The Morgan fingerprint density at radius 3 is 1.27 bits per heavy atom. The molecular weight excluding hydrogens is 482 g/mol. The van der Waals surface area contributed by atoms with Gasteiger partial charge in [0.05, 0.1) is 0 Å². The van der Waals surface area contributed by atoms with E-state index in [9.17, 15) is 0 Å². The standard InChI is InChI=1S/2C6H7.2BrH.Hf/c2*1-6-4-2-3-5-6;;;/h2*2,4H,3H2,1H3;2*1H;/q2*-1;;;. The molecule has 0 aromatic carbocycles. The van der Waals surface area contributed by atoms with E-state index in [4.69, 9.17) is 0 Å². The van der Waals surface area contributed by atoms with E-state index in [1.54, 1.807) is 0 Å². The summed E-state index contributed by atoms with van der Waals surface area (Å²) in [6.07, 6.45) is 16.7. The van der Waals surface area contributed by atoms with Gasteiger partial charge in [-0.2, -0.15) is 12.2 Å². The smallest absolute Gasteiger partial charge is 0 e. The molecule has 0 heterocycles. The summed E-state index contributed by atoms with van der Waals surface area (Å²) in [5, 5.41) is 0. The molecule has 15 heavy (non-hydrogen) atoms. The molecule has 0 bridgehead atoms. The SMILES string of the molecule is Br.Br.CC1=[C-]CC=C1.CC1=[C-]CC=C1.[Hf]. The second-order valence-electron chi connectivity index (χ2n) is 2.93. The van der Waals surface area contributed by atoms with Gasteiger partial charge < -0.3 is 0 Å². The summed E-state index contributed by atoms with van der Waals surface area (Å²) < 4.78 is 0. The zero-order valence-corrected chi connectivity index (χ0v) is 16.1. The van der Waals surface area contributed by atoms with Crippen molar-refractivity contribution in [2.24, 2.45) is 0 Å². The summed E-state index contributed by atoms with van der Waals surface area (Å²) in [5.74, 6) is 0. The summed E-state index contributed by atoms with van der Waals surface area (Å²) in [5.41, 5.74) is 2.55. The van der Waals surface area contributed by atoms with E-state index in [1.165, 1.54) is 11.1 Å². The monoisotopic (exact) mass is 498 g/mol. The molecular formula is C12H16Br2Hf-2. The minimum Gasteiger partial charge on any atom is -0.270 e. The van der Waals surface area contributed by atoms with Crippen LogP contribution >= 0.6 is 34.0 Å². The Kier molecular flexibility index (Phi) is 18.1.